The predicted octanol–water partition coefficient (Wildman–Crippen LogP) is 4.05. The van der Waals surface area contributed by atoms with Gasteiger partial charge in [0.15, 0.2) is 0 Å². The summed E-state index contributed by atoms with van der Waals surface area (Å²) in [5.41, 5.74) is 0.551. The third kappa shape index (κ3) is 3.72. The van der Waals surface area contributed by atoms with E-state index >= 15 is 0 Å². The molecule has 0 aliphatic rings. The maximum atomic E-state index is 11.7. The molecule has 1 aromatic carbocycles. The van der Waals surface area contributed by atoms with Gasteiger partial charge in [0.25, 0.3) is 0 Å². The van der Waals surface area contributed by atoms with Gasteiger partial charge in [-0.25, -0.2) is 15.0 Å². The van der Waals surface area contributed by atoms with Gasteiger partial charge in [-0.15, -0.1) is 0 Å². The number of nitrogens with one attached hydrogen (secondary N) is 1. The molecule has 0 atom stereocenters. The summed E-state index contributed by atoms with van der Waals surface area (Å²) in [6.45, 7) is 0. The lowest BCUT2D eigenvalue weighted by Gasteiger charge is -2.18. The average molecular weight is 401 g/mol. The first-order valence-corrected chi connectivity index (χ1v) is 8.02. The highest BCUT2D eigenvalue weighted by Crippen LogP contribution is 2.35. The minimum Gasteiger partial charge on any atom is -0.324 e. The Morgan fingerprint density at radius 2 is 1.88 bits per heavy atom. The Kier molecular flexibility index (Phi) is 4.85. The van der Waals surface area contributed by atoms with Gasteiger partial charge in [-0.05, 0) is 40.2 Å². The summed E-state index contributed by atoms with van der Waals surface area (Å²) in [7, 11) is 1.71. The lowest BCUT2D eigenvalue weighted by Crippen LogP contribution is -2.15. The molecule has 0 aliphatic heterocycles. The fourth-order valence-corrected chi connectivity index (χ4v) is 2.45. The normalized spacial score (nSPS) is 10.3. The van der Waals surface area contributed by atoms with Gasteiger partial charge in [0.1, 0.15) is 12.1 Å². The van der Waals surface area contributed by atoms with Crippen LogP contribution in [-0.2, 0) is 0 Å². The molecule has 126 valence electrons. The summed E-state index contributed by atoms with van der Waals surface area (Å²) >= 11 is 3.29. The second-order valence-corrected chi connectivity index (χ2v) is 5.95. The molecule has 0 aliphatic carbocycles. The van der Waals surface area contributed by atoms with Crippen LogP contribution >= 0.6 is 15.9 Å². The number of rotatable bonds is 5. The van der Waals surface area contributed by atoms with E-state index in [9.17, 15) is 10.1 Å². The molecule has 1 N–H and O–H groups in total. The van der Waals surface area contributed by atoms with Gasteiger partial charge in [-0.2, -0.15) is 0 Å². The van der Waals surface area contributed by atoms with Gasteiger partial charge in [0.2, 0.25) is 11.6 Å². The molecule has 25 heavy (non-hydrogen) atoms. The summed E-state index contributed by atoms with van der Waals surface area (Å²) in [5, 5.41) is 14.5. The number of hydrogen-bond acceptors (Lipinski definition) is 7. The lowest BCUT2D eigenvalue weighted by molar-refractivity contribution is -0.383. The van der Waals surface area contributed by atoms with Gasteiger partial charge in [0, 0.05) is 23.4 Å². The van der Waals surface area contributed by atoms with Crippen LogP contribution in [0.5, 0.6) is 0 Å². The van der Waals surface area contributed by atoms with E-state index in [2.05, 4.69) is 36.2 Å². The van der Waals surface area contributed by atoms with Crippen LogP contribution in [0.4, 0.5) is 28.8 Å². The van der Waals surface area contributed by atoms with Crippen LogP contribution in [0.3, 0.4) is 0 Å². The molecule has 0 saturated heterocycles. The number of anilines is 4. The molecule has 0 bridgehead atoms. The van der Waals surface area contributed by atoms with Gasteiger partial charge in [-0.1, -0.05) is 18.2 Å². The maximum absolute atomic E-state index is 11.7. The molecular weight excluding hydrogens is 388 g/mol. The van der Waals surface area contributed by atoms with Crippen molar-refractivity contribution >= 4 is 44.8 Å². The Labute approximate surface area is 151 Å². The molecule has 0 fully saturated rings. The zero-order valence-electron chi connectivity index (χ0n) is 13.1. The molecular formula is C16H13BrN6O2. The second kappa shape index (κ2) is 7.22. The van der Waals surface area contributed by atoms with Crippen molar-refractivity contribution in [2.75, 3.05) is 17.3 Å². The Hall–Kier alpha value is -3.07. The van der Waals surface area contributed by atoms with E-state index in [1.54, 1.807) is 30.3 Å². The van der Waals surface area contributed by atoms with Crippen molar-refractivity contribution in [1.82, 2.24) is 15.0 Å². The molecule has 3 aromatic rings. The quantitative estimate of drug-likeness (QED) is 0.509. The summed E-state index contributed by atoms with van der Waals surface area (Å²) in [6.07, 6.45) is 2.87. The zero-order valence-corrected chi connectivity index (χ0v) is 14.7. The molecule has 8 nitrogen and oxygen atoms in total. The first-order chi connectivity index (χ1) is 12.1. The lowest BCUT2D eigenvalue weighted by atomic mass is 10.3. The monoisotopic (exact) mass is 400 g/mol. The van der Waals surface area contributed by atoms with Gasteiger partial charge >= 0.3 is 5.69 Å². The molecule has 2 heterocycles. The van der Waals surface area contributed by atoms with Crippen molar-refractivity contribution < 1.29 is 4.92 Å². The molecule has 3 rings (SSSR count). The molecule has 0 radical (unpaired) electrons. The van der Waals surface area contributed by atoms with E-state index in [0.29, 0.717) is 5.82 Å². The third-order valence-corrected chi connectivity index (χ3v) is 3.89. The number of hydrogen-bond donors (Lipinski definition) is 1. The van der Waals surface area contributed by atoms with Crippen LogP contribution in [0.2, 0.25) is 0 Å². The van der Waals surface area contributed by atoms with E-state index < -0.39 is 4.92 Å². The molecule has 0 saturated carbocycles. The summed E-state index contributed by atoms with van der Waals surface area (Å²) in [6, 6.07) is 12.7. The minimum atomic E-state index is -0.504. The van der Waals surface area contributed by atoms with E-state index in [4.69, 9.17) is 0 Å². The smallest absolute Gasteiger partial charge is 0.324 e. The Morgan fingerprint density at radius 1 is 1.12 bits per heavy atom. The third-order valence-electron chi connectivity index (χ3n) is 3.42. The zero-order chi connectivity index (χ0) is 17.8. The standard InChI is InChI=1S/C16H13BrN6O2/c1-22(12-5-3-2-4-6-12)16-14(23(24)25)15(19-10-20-16)21-13-8-7-11(17)9-18-13/h2-10H,1H3,(H,18,19,20,21). The SMILES string of the molecule is CN(c1ccccc1)c1ncnc(Nc2ccc(Br)cn2)c1[N+](=O)[O-]. The molecule has 0 unspecified atom stereocenters. The number of nitrogens with zero attached hydrogens (tertiary/aromatic N) is 5. The van der Waals surface area contributed by atoms with Crippen LogP contribution in [0.15, 0.2) is 59.5 Å². The van der Waals surface area contributed by atoms with Crippen molar-refractivity contribution in [1.29, 1.82) is 0 Å². The van der Waals surface area contributed by atoms with Crippen LogP contribution in [-0.4, -0.2) is 26.9 Å². The molecule has 2 aromatic heterocycles. The van der Waals surface area contributed by atoms with Crippen LogP contribution in [0, 0.1) is 10.1 Å². The van der Waals surface area contributed by atoms with E-state index in [0.717, 1.165) is 10.2 Å². The van der Waals surface area contributed by atoms with E-state index in [1.807, 2.05) is 30.3 Å². The maximum Gasteiger partial charge on any atom is 0.354 e. The average Bonchev–Trinajstić information content (AvgIpc) is 2.63. The molecule has 0 spiro atoms. The van der Waals surface area contributed by atoms with Crippen LogP contribution in [0.25, 0.3) is 0 Å². The first kappa shape index (κ1) is 16.8. The fourth-order valence-electron chi connectivity index (χ4n) is 2.22. The van der Waals surface area contributed by atoms with E-state index in [1.165, 1.54) is 6.33 Å². The van der Waals surface area contributed by atoms with Crippen LogP contribution in [0.1, 0.15) is 0 Å². The van der Waals surface area contributed by atoms with E-state index in [-0.39, 0.29) is 17.3 Å². The number of benzene rings is 1. The summed E-state index contributed by atoms with van der Waals surface area (Å²) in [5.74, 6) is 0.705. The topological polar surface area (TPSA) is 97.1 Å². The van der Waals surface area contributed by atoms with Crippen molar-refractivity contribution in [2.45, 2.75) is 0 Å². The van der Waals surface area contributed by atoms with Crippen molar-refractivity contribution in [3.8, 4) is 0 Å². The Bertz CT molecular complexity index is 889. The fraction of sp³-hybridized carbons (Fsp3) is 0.0625. The second-order valence-electron chi connectivity index (χ2n) is 5.03. The molecule has 0 amide bonds. The van der Waals surface area contributed by atoms with Crippen molar-refractivity contribution in [3.63, 3.8) is 0 Å². The van der Waals surface area contributed by atoms with Gasteiger partial charge in [0.05, 0.1) is 4.92 Å². The number of nitro groups is 1. The van der Waals surface area contributed by atoms with Gasteiger partial charge < -0.3 is 10.2 Å². The Morgan fingerprint density at radius 3 is 2.52 bits per heavy atom. The predicted molar refractivity (Wildman–Crippen MR) is 98.4 cm³/mol. The summed E-state index contributed by atoms with van der Waals surface area (Å²) < 4.78 is 0.805. The highest BCUT2D eigenvalue weighted by molar-refractivity contribution is 9.10. The highest BCUT2D eigenvalue weighted by Gasteiger charge is 2.26. The Balaban J connectivity index is 2.02. The van der Waals surface area contributed by atoms with Crippen molar-refractivity contribution in [2.24, 2.45) is 0 Å². The number of halogens is 1. The number of pyridine rings is 1. The number of para-hydroxylation sites is 1. The largest absolute Gasteiger partial charge is 0.354 e. The van der Waals surface area contributed by atoms with Crippen molar-refractivity contribution in [3.05, 3.63) is 69.6 Å². The van der Waals surface area contributed by atoms with Crippen LogP contribution < -0.4 is 10.2 Å². The first-order valence-electron chi connectivity index (χ1n) is 7.23. The summed E-state index contributed by atoms with van der Waals surface area (Å²) in [4.78, 5) is 25.1. The van der Waals surface area contributed by atoms with Gasteiger partial charge in [-0.3, -0.25) is 10.1 Å². The number of aromatic nitrogens is 3. The highest BCUT2D eigenvalue weighted by atomic mass is 79.9. The minimum absolute atomic E-state index is 0.0765. The molecule has 9 heteroatoms.